The van der Waals surface area contributed by atoms with E-state index < -0.39 is 0 Å². The number of rotatable bonds is 2. The molecule has 0 radical (unpaired) electrons. The standard InChI is InChI=1S/C9H8N4O/c1-13-5-8(12-6-13)9(14)7-4-10-2-3-11-7/h2-6H,1H3. The maximum atomic E-state index is 11.7. The average Bonchev–Trinajstić information content (AvgIpc) is 2.65. The Bertz CT molecular complexity index is 449. The normalized spacial score (nSPS) is 10.1. The van der Waals surface area contributed by atoms with Gasteiger partial charge in [0.2, 0.25) is 5.78 Å². The number of aromatic nitrogens is 4. The van der Waals surface area contributed by atoms with Crippen molar-refractivity contribution in [1.29, 1.82) is 0 Å². The van der Waals surface area contributed by atoms with Crippen molar-refractivity contribution in [3.05, 3.63) is 42.5 Å². The van der Waals surface area contributed by atoms with Gasteiger partial charge in [-0.05, 0) is 0 Å². The summed E-state index contributed by atoms with van der Waals surface area (Å²) < 4.78 is 1.71. The number of carbonyl (C=O) groups excluding carboxylic acids is 1. The minimum absolute atomic E-state index is 0.210. The number of ketones is 1. The first-order valence-corrected chi connectivity index (χ1v) is 4.06. The van der Waals surface area contributed by atoms with Gasteiger partial charge in [-0.2, -0.15) is 0 Å². The second kappa shape index (κ2) is 3.37. The highest BCUT2D eigenvalue weighted by Gasteiger charge is 2.12. The first-order chi connectivity index (χ1) is 6.77. The summed E-state index contributed by atoms with van der Waals surface area (Å²) in [5.41, 5.74) is 0.694. The molecule has 0 aliphatic rings. The Kier molecular flexibility index (Phi) is 2.06. The van der Waals surface area contributed by atoms with E-state index in [1.807, 2.05) is 0 Å². The zero-order chi connectivity index (χ0) is 9.97. The fraction of sp³-hybridized carbons (Fsp3) is 0.111. The first-order valence-electron chi connectivity index (χ1n) is 4.06. The van der Waals surface area contributed by atoms with Crippen LogP contribution in [0.25, 0.3) is 0 Å². The Hall–Kier alpha value is -2.04. The topological polar surface area (TPSA) is 60.7 Å². The van der Waals surface area contributed by atoms with Crippen LogP contribution in [-0.4, -0.2) is 25.3 Å². The van der Waals surface area contributed by atoms with E-state index in [4.69, 9.17) is 0 Å². The number of hydrogen-bond donors (Lipinski definition) is 0. The molecule has 0 N–H and O–H groups in total. The molecule has 5 nitrogen and oxygen atoms in total. The molecule has 2 aromatic rings. The second-order valence-corrected chi connectivity index (χ2v) is 2.84. The van der Waals surface area contributed by atoms with Gasteiger partial charge >= 0.3 is 0 Å². The molecule has 2 rings (SSSR count). The molecule has 5 heteroatoms. The number of nitrogens with zero attached hydrogens (tertiary/aromatic N) is 4. The molecule has 2 heterocycles. The third-order valence-corrected chi connectivity index (χ3v) is 1.73. The summed E-state index contributed by atoms with van der Waals surface area (Å²) >= 11 is 0. The lowest BCUT2D eigenvalue weighted by molar-refractivity contribution is 0.102. The van der Waals surface area contributed by atoms with Crippen molar-refractivity contribution in [1.82, 2.24) is 19.5 Å². The van der Waals surface area contributed by atoms with Gasteiger partial charge in [-0.25, -0.2) is 9.97 Å². The molecule has 2 aromatic heterocycles. The van der Waals surface area contributed by atoms with E-state index in [0.29, 0.717) is 11.4 Å². The number of hydrogen-bond acceptors (Lipinski definition) is 4. The van der Waals surface area contributed by atoms with E-state index >= 15 is 0 Å². The molecular weight excluding hydrogens is 180 g/mol. The van der Waals surface area contributed by atoms with Crippen molar-refractivity contribution in [2.24, 2.45) is 7.05 Å². The van der Waals surface area contributed by atoms with Crippen LogP contribution >= 0.6 is 0 Å². The van der Waals surface area contributed by atoms with Crippen LogP contribution in [0.3, 0.4) is 0 Å². The van der Waals surface area contributed by atoms with Crippen molar-refractivity contribution in [3.8, 4) is 0 Å². The van der Waals surface area contributed by atoms with Gasteiger partial charge in [0.1, 0.15) is 11.4 Å². The molecule has 0 amide bonds. The van der Waals surface area contributed by atoms with Crippen LogP contribution in [0.5, 0.6) is 0 Å². The van der Waals surface area contributed by atoms with E-state index in [9.17, 15) is 4.79 Å². The third-order valence-electron chi connectivity index (χ3n) is 1.73. The van der Waals surface area contributed by atoms with E-state index in [1.54, 1.807) is 24.1 Å². The van der Waals surface area contributed by atoms with Crippen LogP contribution in [0.2, 0.25) is 0 Å². The predicted molar refractivity (Wildman–Crippen MR) is 48.7 cm³/mol. The summed E-state index contributed by atoms with van der Waals surface area (Å²) in [5.74, 6) is -0.210. The maximum Gasteiger partial charge on any atom is 0.232 e. The molecule has 70 valence electrons. The van der Waals surface area contributed by atoms with Gasteiger partial charge in [-0.1, -0.05) is 0 Å². The molecule has 0 aliphatic heterocycles. The van der Waals surface area contributed by atoms with Gasteiger partial charge in [0.25, 0.3) is 0 Å². The Balaban J connectivity index is 2.34. The molecule has 0 unspecified atom stereocenters. The highest BCUT2D eigenvalue weighted by atomic mass is 16.1. The Morgan fingerprint density at radius 3 is 2.71 bits per heavy atom. The van der Waals surface area contributed by atoms with Crippen LogP contribution in [0.15, 0.2) is 31.1 Å². The zero-order valence-electron chi connectivity index (χ0n) is 7.58. The highest BCUT2D eigenvalue weighted by Crippen LogP contribution is 2.02. The molecule has 0 atom stereocenters. The van der Waals surface area contributed by atoms with Gasteiger partial charge in [-0.15, -0.1) is 0 Å². The summed E-state index contributed by atoms with van der Waals surface area (Å²) in [6.07, 6.45) is 7.66. The molecular formula is C9H8N4O. The van der Waals surface area contributed by atoms with Crippen LogP contribution < -0.4 is 0 Å². The SMILES string of the molecule is Cn1cnc(C(=O)c2cnccn2)c1. The van der Waals surface area contributed by atoms with Crippen LogP contribution in [0, 0.1) is 0 Å². The van der Waals surface area contributed by atoms with Crippen molar-refractivity contribution in [2.75, 3.05) is 0 Å². The quantitative estimate of drug-likeness (QED) is 0.641. The van der Waals surface area contributed by atoms with E-state index in [0.717, 1.165) is 0 Å². The largest absolute Gasteiger partial charge is 0.340 e. The number of carbonyl (C=O) groups is 1. The predicted octanol–water partition coefficient (Wildman–Crippen LogP) is 0.441. The monoisotopic (exact) mass is 188 g/mol. The van der Waals surface area contributed by atoms with Crippen molar-refractivity contribution < 1.29 is 4.79 Å². The maximum absolute atomic E-state index is 11.7. The Morgan fingerprint density at radius 2 is 2.14 bits per heavy atom. The molecule has 0 spiro atoms. The lowest BCUT2D eigenvalue weighted by atomic mass is 10.2. The van der Waals surface area contributed by atoms with Crippen LogP contribution in [-0.2, 0) is 7.05 Å². The first kappa shape index (κ1) is 8.55. The molecule has 0 bridgehead atoms. The minimum Gasteiger partial charge on any atom is -0.340 e. The van der Waals surface area contributed by atoms with Gasteiger partial charge in [0, 0.05) is 25.6 Å². The van der Waals surface area contributed by atoms with E-state index in [1.165, 1.54) is 18.6 Å². The summed E-state index contributed by atoms with van der Waals surface area (Å²) in [6.45, 7) is 0. The molecule has 0 saturated heterocycles. The van der Waals surface area contributed by atoms with Crippen molar-refractivity contribution >= 4 is 5.78 Å². The van der Waals surface area contributed by atoms with Crippen LogP contribution in [0.4, 0.5) is 0 Å². The summed E-state index contributed by atoms with van der Waals surface area (Å²) in [7, 11) is 1.81. The fourth-order valence-electron chi connectivity index (χ4n) is 1.08. The van der Waals surface area contributed by atoms with Gasteiger partial charge in [0.05, 0.1) is 12.5 Å². The molecule has 0 aromatic carbocycles. The average molecular weight is 188 g/mol. The van der Waals surface area contributed by atoms with Gasteiger partial charge < -0.3 is 4.57 Å². The Labute approximate surface area is 80.5 Å². The van der Waals surface area contributed by atoms with Gasteiger partial charge in [0.15, 0.2) is 0 Å². The van der Waals surface area contributed by atoms with Crippen molar-refractivity contribution in [3.63, 3.8) is 0 Å². The number of aryl methyl sites for hydroxylation is 1. The van der Waals surface area contributed by atoms with Crippen molar-refractivity contribution in [2.45, 2.75) is 0 Å². The van der Waals surface area contributed by atoms with Crippen LogP contribution in [0.1, 0.15) is 16.2 Å². The lowest BCUT2D eigenvalue weighted by Gasteiger charge is -1.93. The van der Waals surface area contributed by atoms with E-state index in [2.05, 4.69) is 15.0 Å². The number of imidazole rings is 1. The summed E-state index contributed by atoms with van der Waals surface area (Å²) in [5, 5.41) is 0. The summed E-state index contributed by atoms with van der Waals surface area (Å²) in [4.78, 5) is 23.3. The van der Waals surface area contributed by atoms with Gasteiger partial charge in [-0.3, -0.25) is 9.78 Å². The minimum atomic E-state index is -0.210. The molecule has 0 saturated carbocycles. The third kappa shape index (κ3) is 1.52. The lowest BCUT2D eigenvalue weighted by Crippen LogP contribution is -2.04. The molecule has 0 fully saturated rings. The molecule has 14 heavy (non-hydrogen) atoms. The molecule has 0 aliphatic carbocycles. The summed E-state index contributed by atoms with van der Waals surface area (Å²) in [6, 6.07) is 0. The highest BCUT2D eigenvalue weighted by molar-refractivity contribution is 6.05. The second-order valence-electron chi connectivity index (χ2n) is 2.84. The Morgan fingerprint density at radius 1 is 1.29 bits per heavy atom. The fourth-order valence-corrected chi connectivity index (χ4v) is 1.08. The zero-order valence-corrected chi connectivity index (χ0v) is 7.58. The van der Waals surface area contributed by atoms with E-state index in [-0.39, 0.29) is 5.78 Å². The smallest absolute Gasteiger partial charge is 0.232 e.